The van der Waals surface area contributed by atoms with E-state index in [1.165, 1.54) is 16.7 Å². The highest BCUT2D eigenvalue weighted by Gasteiger charge is 2.08. The maximum absolute atomic E-state index is 4.83. The fourth-order valence-electron chi connectivity index (χ4n) is 2.93. The minimum absolute atomic E-state index is 0.624. The number of nitrogens with zero attached hydrogens (tertiary/aromatic N) is 4. The summed E-state index contributed by atoms with van der Waals surface area (Å²) in [5.74, 6) is 0. The fourth-order valence-corrected chi connectivity index (χ4v) is 3.77. The molecule has 0 aliphatic rings. The topological polar surface area (TPSA) is 42.5 Å². The predicted molar refractivity (Wildman–Crippen MR) is 120 cm³/mol. The first kappa shape index (κ1) is 19.0. The summed E-state index contributed by atoms with van der Waals surface area (Å²) in [5.41, 5.74) is 6.90. The molecular formula is C24H22N4S. The van der Waals surface area contributed by atoms with Crippen LogP contribution in [0.4, 0.5) is 0 Å². The van der Waals surface area contributed by atoms with Crippen molar-refractivity contribution in [2.45, 2.75) is 20.4 Å². The molecule has 4 rings (SSSR count). The first-order chi connectivity index (χ1) is 14.2. The van der Waals surface area contributed by atoms with Crippen LogP contribution in [0, 0.1) is 13.8 Å². The van der Waals surface area contributed by atoms with E-state index in [1.54, 1.807) is 23.7 Å². The lowest BCUT2D eigenvalue weighted by Gasteiger charge is -2.06. The maximum Gasteiger partial charge on any atom is 0.206 e. The van der Waals surface area contributed by atoms with Gasteiger partial charge in [-0.2, -0.15) is 5.10 Å². The van der Waals surface area contributed by atoms with Gasteiger partial charge in [0.1, 0.15) is 0 Å². The Morgan fingerprint density at radius 2 is 1.76 bits per heavy atom. The summed E-state index contributed by atoms with van der Waals surface area (Å²) >= 11 is 1.61. The summed E-state index contributed by atoms with van der Waals surface area (Å²) < 4.78 is 1.93. The lowest BCUT2D eigenvalue weighted by molar-refractivity contribution is 0.824. The standard InChI is InChI=1S/C24H22N4S/c1-18-8-9-22(14-19(18)2)23-17-29-24(26-15-20-6-4-3-5-7-20)28(23)27-16-21-10-12-25-13-11-21/h3-14,16-17H,15H2,1-2H3. The quantitative estimate of drug-likeness (QED) is 0.426. The van der Waals surface area contributed by atoms with Crippen molar-refractivity contribution < 1.29 is 0 Å². The van der Waals surface area contributed by atoms with Crippen LogP contribution in [0.25, 0.3) is 11.3 Å². The normalized spacial score (nSPS) is 12.0. The summed E-state index contributed by atoms with van der Waals surface area (Å²) in [6.07, 6.45) is 5.38. The number of hydrogen-bond donors (Lipinski definition) is 0. The molecule has 0 radical (unpaired) electrons. The minimum atomic E-state index is 0.624. The van der Waals surface area contributed by atoms with Crippen LogP contribution in [0.1, 0.15) is 22.3 Å². The monoisotopic (exact) mass is 398 g/mol. The van der Waals surface area contributed by atoms with E-state index in [0.29, 0.717) is 6.54 Å². The van der Waals surface area contributed by atoms with E-state index in [2.05, 4.69) is 54.5 Å². The number of rotatable bonds is 5. The third-order valence-electron chi connectivity index (χ3n) is 4.76. The fraction of sp³-hybridized carbons (Fsp3) is 0.125. The van der Waals surface area contributed by atoms with E-state index in [1.807, 2.05) is 41.2 Å². The average molecular weight is 399 g/mol. The number of aromatic nitrogens is 2. The van der Waals surface area contributed by atoms with Crippen molar-refractivity contribution in [1.29, 1.82) is 0 Å². The second kappa shape index (κ2) is 8.80. The van der Waals surface area contributed by atoms with E-state index < -0.39 is 0 Å². The summed E-state index contributed by atoms with van der Waals surface area (Å²) in [7, 11) is 0. The first-order valence-electron chi connectivity index (χ1n) is 9.48. The highest BCUT2D eigenvalue weighted by atomic mass is 32.1. The SMILES string of the molecule is Cc1ccc(-c2csc(=NCc3ccccc3)n2N=Cc2ccncc2)cc1C. The lowest BCUT2D eigenvalue weighted by atomic mass is 10.1. The highest BCUT2D eigenvalue weighted by Crippen LogP contribution is 2.23. The van der Waals surface area contributed by atoms with Crippen LogP contribution < -0.4 is 4.80 Å². The zero-order chi connectivity index (χ0) is 20.1. The molecule has 0 unspecified atom stereocenters. The van der Waals surface area contributed by atoms with Crippen LogP contribution in [-0.4, -0.2) is 15.9 Å². The number of pyridine rings is 1. The molecule has 2 heterocycles. The molecule has 0 spiro atoms. The summed E-state index contributed by atoms with van der Waals surface area (Å²) in [5, 5.41) is 6.88. The zero-order valence-corrected chi connectivity index (χ0v) is 17.3. The molecule has 4 aromatic rings. The van der Waals surface area contributed by atoms with Crippen LogP contribution in [0.5, 0.6) is 0 Å². The molecule has 0 aliphatic heterocycles. The molecule has 0 saturated heterocycles. The lowest BCUT2D eigenvalue weighted by Crippen LogP contribution is -2.12. The average Bonchev–Trinajstić information content (AvgIpc) is 3.17. The Kier molecular flexibility index (Phi) is 5.77. The Morgan fingerprint density at radius 3 is 2.52 bits per heavy atom. The van der Waals surface area contributed by atoms with Gasteiger partial charge < -0.3 is 0 Å². The molecule has 29 heavy (non-hydrogen) atoms. The molecule has 2 aromatic heterocycles. The molecule has 5 heteroatoms. The van der Waals surface area contributed by atoms with Crippen molar-refractivity contribution >= 4 is 17.6 Å². The van der Waals surface area contributed by atoms with E-state index >= 15 is 0 Å². The summed E-state index contributed by atoms with van der Waals surface area (Å²) in [6, 6.07) is 20.6. The Hall–Kier alpha value is -3.31. The Labute approximate surface area is 174 Å². The van der Waals surface area contributed by atoms with Crippen molar-refractivity contribution in [3.05, 3.63) is 105 Å². The zero-order valence-electron chi connectivity index (χ0n) is 16.5. The molecule has 0 fully saturated rings. The Morgan fingerprint density at radius 1 is 0.966 bits per heavy atom. The minimum Gasteiger partial charge on any atom is -0.265 e. The predicted octanol–water partition coefficient (Wildman–Crippen LogP) is 5.21. The number of benzene rings is 2. The van der Waals surface area contributed by atoms with Gasteiger partial charge >= 0.3 is 0 Å². The van der Waals surface area contributed by atoms with Crippen molar-refractivity contribution in [3.63, 3.8) is 0 Å². The second-order valence-electron chi connectivity index (χ2n) is 6.84. The van der Waals surface area contributed by atoms with Gasteiger partial charge in [0.2, 0.25) is 4.80 Å². The smallest absolute Gasteiger partial charge is 0.206 e. The van der Waals surface area contributed by atoms with Crippen molar-refractivity contribution in [3.8, 4) is 11.3 Å². The van der Waals surface area contributed by atoms with Crippen molar-refractivity contribution in [2.75, 3.05) is 0 Å². The highest BCUT2D eigenvalue weighted by molar-refractivity contribution is 7.07. The van der Waals surface area contributed by atoms with Gasteiger partial charge in [0.05, 0.1) is 18.5 Å². The van der Waals surface area contributed by atoms with E-state index in [9.17, 15) is 0 Å². The maximum atomic E-state index is 4.83. The van der Waals surface area contributed by atoms with Gasteiger partial charge in [-0.3, -0.25) is 9.98 Å². The third kappa shape index (κ3) is 4.58. The van der Waals surface area contributed by atoms with Gasteiger partial charge in [-0.05, 0) is 54.3 Å². The first-order valence-corrected chi connectivity index (χ1v) is 10.4. The van der Waals surface area contributed by atoms with Gasteiger partial charge in [0.25, 0.3) is 0 Å². The van der Waals surface area contributed by atoms with Crippen molar-refractivity contribution in [2.24, 2.45) is 10.1 Å². The Balaban J connectivity index is 1.77. The van der Waals surface area contributed by atoms with Gasteiger partial charge in [0, 0.05) is 23.3 Å². The van der Waals surface area contributed by atoms with E-state index in [-0.39, 0.29) is 0 Å². The molecule has 0 saturated carbocycles. The van der Waals surface area contributed by atoms with E-state index in [0.717, 1.165) is 21.6 Å². The van der Waals surface area contributed by atoms with Crippen LogP contribution in [0.2, 0.25) is 0 Å². The number of hydrogen-bond acceptors (Lipinski definition) is 4. The van der Waals surface area contributed by atoms with Gasteiger partial charge in [-0.1, -0.05) is 42.5 Å². The third-order valence-corrected chi connectivity index (χ3v) is 5.61. The summed E-state index contributed by atoms with van der Waals surface area (Å²) in [4.78, 5) is 9.77. The second-order valence-corrected chi connectivity index (χ2v) is 7.68. The summed E-state index contributed by atoms with van der Waals surface area (Å²) in [6.45, 7) is 4.89. The largest absolute Gasteiger partial charge is 0.265 e. The Bertz CT molecular complexity index is 1190. The molecule has 0 N–H and O–H groups in total. The molecule has 0 aliphatic carbocycles. The number of thiazole rings is 1. The molecule has 0 bridgehead atoms. The molecule has 144 valence electrons. The van der Waals surface area contributed by atoms with Crippen molar-refractivity contribution in [1.82, 2.24) is 9.66 Å². The molecular weight excluding hydrogens is 376 g/mol. The molecule has 2 aromatic carbocycles. The van der Waals surface area contributed by atoms with Gasteiger partial charge in [-0.15, -0.1) is 11.3 Å². The van der Waals surface area contributed by atoms with E-state index in [4.69, 9.17) is 10.1 Å². The van der Waals surface area contributed by atoms with Crippen LogP contribution in [0.3, 0.4) is 0 Å². The van der Waals surface area contributed by atoms with Crippen LogP contribution in [-0.2, 0) is 6.54 Å². The van der Waals surface area contributed by atoms with Crippen LogP contribution >= 0.6 is 11.3 Å². The van der Waals surface area contributed by atoms with Gasteiger partial charge in [-0.25, -0.2) is 4.68 Å². The molecule has 0 atom stereocenters. The van der Waals surface area contributed by atoms with Gasteiger partial charge in [0.15, 0.2) is 0 Å². The van der Waals surface area contributed by atoms with Crippen LogP contribution in [0.15, 0.2) is 88.5 Å². The number of aryl methyl sites for hydroxylation is 2. The molecule has 4 nitrogen and oxygen atoms in total. The molecule has 0 amide bonds.